The lowest BCUT2D eigenvalue weighted by Gasteiger charge is -2.06. The molecule has 1 amide bonds. The van der Waals surface area contributed by atoms with Crippen molar-refractivity contribution < 1.29 is 9.72 Å². The van der Waals surface area contributed by atoms with Crippen molar-refractivity contribution in [3.05, 3.63) is 74.3 Å². The summed E-state index contributed by atoms with van der Waals surface area (Å²) >= 11 is 5.96. The highest BCUT2D eigenvalue weighted by Crippen LogP contribution is 2.19. The van der Waals surface area contributed by atoms with Gasteiger partial charge in [0, 0.05) is 22.2 Å². The first-order valence-corrected chi connectivity index (χ1v) is 7.68. The molecule has 6 nitrogen and oxygen atoms in total. The average Bonchev–Trinajstić information content (AvgIpc) is 2.55. The van der Waals surface area contributed by atoms with Gasteiger partial charge in [0.2, 0.25) is 0 Å². The molecular formula is C17H16ClN3O3. The van der Waals surface area contributed by atoms with E-state index >= 15 is 0 Å². The van der Waals surface area contributed by atoms with Crippen LogP contribution < -0.4 is 5.43 Å². The Kier molecular flexibility index (Phi) is 5.65. The number of nitro benzene ring substituents is 1. The molecule has 0 saturated heterocycles. The largest absolute Gasteiger partial charge is 0.273 e. The Morgan fingerprint density at radius 3 is 2.62 bits per heavy atom. The van der Waals surface area contributed by atoms with Gasteiger partial charge in [-0.25, -0.2) is 5.43 Å². The molecule has 0 aliphatic carbocycles. The Labute approximate surface area is 144 Å². The van der Waals surface area contributed by atoms with Crippen molar-refractivity contribution in [3.63, 3.8) is 0 Å². The lowest BCUT2D eigenvalue weighted by atomic mass is 10.1. The van der Waals surface area contributed by atoms with E-state index in [1.165, 1.54) is 18.2 Å². The molecule has 2 aromatic carbocycles. The third-order valence-corrected chi connectivity index (χ3v) is 3.69. The summed E-state index contributed by atoms with van der Waals surface area (Å²) in [6.45, 7) is 3.52. The normalized spacial score (nSPS) is 11.2. The van der Waals surface area contributed by atoms with Gasteiger partial charge in [-0.3, -0.25) is 14.9 Å². The second kappa shape index (κ2) is 7.70. The molecule has 0 fully saturated rings. The van der Waals surface area contributed by atoms with Crippen LogP contribution >= 0.6 is 11.6 Å². The number of amides is 1. The van der Waals surface area contributed by atoms with E-state index in [1.54, 1.807) is 25.1 Å². The van der Waals surface area contributed by atoms with E-state index in [2.05, 4.69) is 10.5 Å². The molecule has 0 aliphatic rings. The highest BCUT2D eigenvalue weighted by molar-refractivity contribution is 6.31. The number of carbonyl (C=O) groups is 1. The first-order chi connectivity index (χ1) is 11.4. The van der Waals surface area contributed by atoms with Crippen LogP contribution in [0.4, 0.5) is 5.69 Å². The predicted molar refractivity (Wildman–Crippen MR) is 93.6 cm³/mol. The molecule has 0 aromatic heterocycles. The molecule has 0 spiro atoms. The molecule has 2 aromatic rings. The van der Waals surface area contributed by atoms with Gasteiger partial charge >= 0.3 is 0 Å². The molecule has 24 heavy (non-hydrogen) atoms. The minimum atomic E-state index is -0.515. The van der Waals surface area contributed by atoms with E-state index in [-0.39, 0.29) is 11.3 Å². The van der Waals surface area contributed by atoms with Gasteiger partial charge in [-0.2, -0.15) is 5.10 Å². The fourth-order valence-corrected chi connectivity index (χ4v) is 2.34. The zero-order valence-electron chi connectivity index (χ0n) is 13.2. The molecule has 1 N–H and O–H groups in total. The predicted octanol–water partition coefficient (Wildman–Crippen LogP) is 4.10. The molecule has 0 unspecified atom stereocenters. The summed E-state index contributed by atoms with van der Waals surface area (Å²) in [4.78, 5) is 22.6. The van der Waals surface area contributed by atoms with Gasteiger partial charge in [0.05, 0.1) is 10.6 Å². The standard InChI is InChI=1S/C17H16ClN3O3/c1-3-15(12-5-4-6-14(18)9-12)19-20-17(22)13-8-7-11(2)16(10-13)21(23)24/h4-10H,3H2,1-2H3,(H,20,22). The first kappa shape index (κ1) is 17.6. The van der Waals surface area contributed by atoms with Crippen molar-refractivity contribution in [1.82, 2.24) is 5.43 Å². The van der Waals surface area contributed by atoms with Gasteiger partial charge in [0.15, 0.2) is 0 Å². The molecule has 0 saturated carbocycles. The summed E-state index contributed by atoms with van der Waals surface area (Å²) < 4.78 is 0. The molecular weight excluding hydrogens is 330 g/mol. The van der Waals surface area contributed by atoms with E-state index < -0.39 is 10.8 Å². The Morgan fingerprint density at radius 1 is 1.25 bits per heavy atom. The number of hydrogen-bond acceptors (Lipinski definition) is 4. The van der Waals surface area contributed by atoms with Crippen LogP contribution in [0.15, 0.2) is 47.6 Å². The van der Waals surface area contributed by atoms with Gasteiger partial charge in [-0.15, -0.1) is 0 Å². The zero-order chi connectivity index (χ0) is 17.7. The second-order valence-corrected chi connectivity index (χ2v) is 5.56. The van der Waals surface area contributed by atoms with Crippen molar-refractivity contribution >= 4 is 28.9 Å². The average molecular weight is 346 g/mol. The fraction of sp³-hybridized carbons (Fsp3) is 0.176. The number of halogens is 1. The molecule has 7 heteroatoms. The Hall–Kier alpha value is -2.73. The lowest BCUT2D eigenvalue weighted by molar-refractivity contribution is -0.385. The smallest absolute Gasteiger partial charge is 0.267 e. The molecule has 0 radical (unpaired) electrons. The maximum atomic E-state index is 12.2. The summed E-state index contributed by atoms with van der Waals surface area (Å²) in [5, 5.41) is 15.7. The van der Waals surface area contributed by atoms with Crippen molar-refractivity contribution in [2.75, 3.05) is 0 Å². The third-order valence-electron chi connectivity index (χ3n) is 3.45. The molecule has 0 heterocycles. The summed E-state index contributed by atoms with van der Waals surface area (Å²) in [5.74, 6) is -0.508. The van der Waals surface area contributed by atoms with Gasteiger partial charge in [-0.1, -0.05) is 36.7 Å². The van der Waals surface area contributed by atoms with Crippen LogP contribution in [0.1, 0.15) is 34.8 Å². The number of nitrogens with one attached hydrogen (secondary N) is 1. The maximum absolute atomic E-state index is 12.2. The number of carbonyl (C=O) groups excluding carboxylic acids is 1. The van der Waals surface area contributed by atoms with E-state index in [9.17, 15) is 14.9 Å². The van der Waals surface area contributed by atoms with Crippen LogP contribution in [0.2, 0.25) is 5.02 Å². The first-order valence-electron chi connectivity index (χ1n) is 7.30. The van der Waals surface area contributed by atoms with Crippen LogP contribution in [0.3, 0.4) is 0 Å². The lowest BCUT2D eigenvalue weighted by Crippen LogP contribution is -2.20. The molecule has 0 aliphatic heterocycles. The summed E-state index contributed by atoms with van der Waals surface area (Å²) in [7, 11) is 0. The Balaban J connectivity index is 2.22. The number of aryl methyl sites for hydroxylation is 1. The summed E-state index contributed by atoms with van der Waals surface area (Å²) in [6, 6.07) is 11.5. The van der Waals surface area contributed by atoms with Crippen molar-refractivity contribution in [2.24, 2.45) is 5.10 Å². The number of nitro groups is 1. The minimum absolute atomic E-state index is 0.0998. The van der Waals surface area contributed by atoms with Gasteiger partial charge in [0.1, 0.15) is 0 Å². The second-order valence-electron chi connectivity index (χ2n) is 5.12. The monoisotopic (exact) mass is 345 g/mol. The van der Waals surface area contributed by atoms with E-state index in [4.69, 9.17) is 11.6 Å². The number of benzene rings is 2. The van der Waals surface area contributed by atoms with E-state index in [0.717, 1.165) is 5.56 Å². The fourth-order valence-electron chi connectivity index (χ4n) is 2.15. The molecule has 124 valence electrons. The SMILES string of the molecule is CCC(=NNC(=O)c1ccc(C)c([N+](=O)[O-])c1)c1cccc(Cl)c1. The van der Waals surface area contributed by atoms with Crippen LogP contribution in [-0.4, -0.2) is 16.5 Å². The Bertz CT molecular complexity index is 818. The van der Waals surface area contributed by atoms with Crippen LogP contribution in [-0.2, 0) is 0 Å². The van der Waals surface area contributed by atoms with Gasteiger partial charge < -0.3 is 0 Å². The van der Waals surface area contributed by atoms with E-state index in [0.29, 0.717) is 22.7 Å². The van der Waals surface area contributed by atoms with Crippen LogP contribution in [0.5, 0.6) is 0 Å². The third kappa shape index (κ3) is 4.17. The minimum Gasteiger partial charge on any atom is -0.267 e. The zero-order valence-corrected chi connectivity index (χ0v) is 14.0. The number of hydrogen-bond donors (Lipinski definition) is 1. The number of rotatable bonds is 5. The maximum Gasteiger partial charge on any atom is 0.273 e. The van der Waals surface area contributed by atoms with Crippen molar-refractivity contribution in [3.8, 4) is 0 Å². The molecule has 2 rings (SSSR count). The van der Waals surface area contributed by atoms with Crippen molar-refractivity contribution in [1.29, 1.82) is 0 Å². The molecule has 0 atom stereocenters. The topological polar surface area (TPSA) is 84.6 Å². The van der Waals surface area contributed by atoms with Crippen LogP contribution in [0.25, 0.3) is 0 Å². The van der Waals surface area contributed by atoms with E-state index in [1.807, 2.05) is 13.0 Å². The van der Waals surface area contributed by atoms with Crippen LogP contribution in [0, 0.1) is 17.0 Å². The molecule has 0 bridgehead atoms. The summed E-state index contributed by atoms with van der Waals surface area (Å²) in [5.41, 5.74) is 4.47. The highest BCUT2D eigenvalue weighted by Gasteiger charge is 2.15. The number of nitrogens with zero attached hydrogens (tertiary/aromatic N) is 2. The quantitative estimate of drug-likeness (QED) is 0.503. The van der Waals surface area contributed by atoms with Gasteiger partial charge in [0.25, 0.3) is 11.6 Å². The highest BCUT2D eigenvalue weighted by atomic mass is 35.5. The number of hydrazone groups is 1. The van der Waals surface area contributed by atoms with Crippen molar-refractivity contribution in [2.45, 2.75) is 20.3 Å². The van der Waals surface area contributed by atoms with Gasteiger partial charge in [-0.05, 0) is 37.1 Å². The Morgan fingerprint density at radius 2 is 2.00 bits per heavy atom. The summed E-state index contributed by atoms with van der Waals surface area (Å²) in [6.07, 6.45) is 0.592.